The molecule has 4 rings (SSSR count). The maximum absolute atomic E-state index is 12.8. The molecule has 2 aromatic rings. The van der Waals surface area contributed by atoms with Crippen molar-refractivity contribution in [1.82, 2.24) is 4.98 Å². The number of nitrogens with two attached hydrogens (primary N) is 1. The average molecular weight is 389 g/mol. The Morgan fingerprint density at radius 1 is 1.07 bits per heavy atom. The van der Waals surface area contributed by atoms with Crippen molar-refractivity contribution in [3.8, 4) is 0 Å². The van der Waals surface area contributed by atoms with Crippen LogP contribution in [0.25, 0.3) is 0 Å². The van der Waals surface area contributed by atoms with Gasteiger partial charge in [-0.05, 0) is 79.8 Å². The first-order valence-corrected chi connectivity index (χ1v) is 10.1. The fourth-order valence-corrected chi connectivity index (χ4v) is 4.80. The van der Waals surface area contributed by atoms with E-state index < -0.39 is 11.7 Å². The highest BCUT2D eigenvalue weighted by atomic mass is 19.4. The molecule has 6 heteroatoms. The van der Waals surface area contributed by atoms with E-state index in [1.165, 1.54) is 35.5 Å². The van der Waals surface area contributed by atoms with Crippen LogP contribution in [0.15, 0.2) is 36.5 Å². The number of rotatable bonds is 4. The fraction of sp³-hybridized carbons (Fsp3) is 0.500. The van der Waals surface area contributed by atoms with Crippen LogP contribution in [0.2, 0.25) is 0 Å². The van der Waals surface area contributed by atoms with E-state index in [0.717, 1.165) is 44.3 Å². The highest BCUT2D eigenvalue weighted by molar-refractivity contribution is 5.56. The lowest BCUT2D eigenvalue weighted by Crippen LogP contribution is -2.37. The summed E-state index contributed by atoms with van der Waals surface area (Å²) in [5, 5.41) is 0. The van der Waals surface area contributed by atoms with Gasteiger partial charge in [-0.15, -0.1) is 0 Å². The number of hydrogen-bond donors (Lipinski definition) is 1. The van der Waals surface area contributed by atoms with Crippen molar-refractivity contribution in [1.29, 1.82) is 0 Å². The Morgan fingerprint density at radius 2 is 1.79 bits per heavy atom. The van der Waals surface area contributed by atoms with Crippen LogP contribution in [-0.4, -0.2) is 24.6 Å². The van der Waals surface area contributed by atoms with Crippen molar-refractivity contribution >= 4 is 5.69 Å². The quantitative estimate of drug-likeness (QED) is 0.834. The van der Waals surface area contributed by atoms with Gasteiger partial charge in [-0.1, -0.05) is 12.1 Å². The molecule has 0 bridgehead atoms. The molecule has 150 valence electrons. The largest absolute Gasteiger partial charge is 0.416 e. The van der Waals surface area contributed by atoms with Gasteiger partial charge in [0.15, 0.2) is 0 Å². The Morgan fingerprint density at radius 3 is 2.43 bits per heavy atom. The summed E-state index contributed by atoms with van der Waals surface area (Å²) < 4.78 is 38.5. The minimum absolute atomic E-state index is 0.104. The molecule has 1 fully saturated rings. The van der Waals surface area contributed by atoms with Crippen molar-refractivity contribution < 1.29 is 13.2 Å². The van der Waals surface area contributed by atoms with Gasteiger partial charge in [-0.2, -0.15) is 13.2 Å². The van der Waals surface area contributed by atoms with E-state index in [1.807, 2.05) is 6.20 Å². The molecule has 1 atom stereocenters. The number of alkyl halides is 3. The molecule has 0 saturated carbocycles. The Kier molecular flexibility index (Phi) is 5.32. The number of pyridine rings is 1. The molecule has 2 N–H and O–H groups in total. The van der Waals surface area contributed by atoms with Crippen molar-refractivity contribution in [2.45, 2.75) is 44.2 Å². The Labute approximate surface area is 163 Å². The second-order valence-electron chi connectivity index (χ2n) is 7.90. The normalized spacial score (nSPS) is 18.9. The predicted octanol–water partition coefficient (Wildman–Crippen LogP) is 4.55. The number of fused-ring (bicyclic) bond motifs is 1. The lowest BCUT2D eigenvalue weighted by molar-refractivity contribution is -0.137. The predicted molar refractivity (Wildman–Crippen MR) is 104 cm³/mol. The molecule has 0 spiro atoms. The Hall–Kier alpha value is -2.08. The summed E-state index contributed by atoms with van der Waals surface area (Å²) in [6.07, 6.45) is 2.97. The van der Waals surface area contributed by atoms with Crippen LogP contribution in [-0.2, 0) is 19.0 Å². The van der Waals surface area contributed by atoms with E-state index in [4.69, 9.17) is 5.73 Å². The molecule has 2 heterocycles. The number of hydrogen-bond acceptors (Lipinski definition) is 3. The van der Waals surface area contributed by atoms with Crippen LogP contribution in [0, 0.1) is 5.92 Å². The topological polar surface area (TPSA) is 42.1 Å². The van der Waals surface area contributed by atoms with Crippen LogP contribution < -0.4 is 10.6 Å². The number of piperidine rings is 1. The molecule has 3 nitrogen and oxygen atoms in total. The molecule has 28 heavy (non-hydrogen) atoms. The highest BCUT2D eigenvalue weighted by Crippen LogP contribution is 2.37. The molecule has 2 aliphatic rings. The van der Waals surface area contributed by atoms with Gasteiger partial charge >= 0.3 is 6.18 Å². The lowest BCUT2D eigenvalue weighted by atomic mass is 9.79. The molecule has 1 saturated heterocycles. The number of nitrogens with zero attached hydrogens (tertiary/aromatic N) is 2. The summed E-state index contributed by atoms with van der Waals surface area (Å²) in [6, 6.07) is 7.67. The van der Waals surface area contributed by atoms with Crippen LogP contribution >= 0.6 is 0 Å². The molecular weight excluding hydrogens is 363 g/mol. The summed E-state index contributed by atoms with van der Waals surface area (Å²) >= 11 is 0. The first-order chi connectivity index (χ1) is 13.5. The van der Waals surface area contributed by atoms with Gasteiger partial charge in [0.1, 0.15) is 0 Å². The monoisotopic (exact) mass is 389 g/mol. The first kappa shape index (κ1) is 19.2. The number of benzene rings is 1. The molecule has 0 amide bonds. The zero-order valence-electron chi connectivity index (χ0n) is 15.9. The van der Waals surface area contributed by atoms with Gasteiger partial charge in [0.2, 0.25) is 0 Å². The summed E-state index contributed by atoms with van der Waals surface area (Å²) in [5.41, 5.74) is 10.3. The third-order valence-corrected chi connectivity index (χ3v) is 6.33. The van der Waals surface area contributed by atoms with Crippen LogP contribution in [0.5, 0.6) is 0 Å². The molecule has 1 aromatic carbocycles. The van der Waals surface area contributed by atoms with Gasteiger partial charge in [-0.25, -0.2) is 0 Å². The number of aromatic nitrogens is 1. The van der Waals surface area contributed by atoms with Crippen molar-refractivity contribution in [2.24, 2.45) is 11.7 Å². The zero-order valence-corrected chi connectivity index (χ0v) is 15.9. The van der Waals surface area contributed by atoms with E-state index in [2.05, 4.69) is 16.0 Å². The SMILES string of the molecule is NCC(c1ccc(C(F)(F)F)cc1)C1CCN(c2ccnc3c2CCC3)CC1. The molecule has 1 aromatic heterocycles. The summed E-state index contributed by atoms with van der Waals surface area (Å²) in [7, 11) is 0. The summed E-state index contributed by atoms with van der Waals surface area (Å²) in [4.78, 5) is 6.96. The van der Waals surface area contributed by atoms with Gasteiger partial charge in [-0.3, -0.25) is 4.98 Å². The van der Waals surface area contributed by atoms with Crippen LogP contribution in [0.3, 0.4) is 0 Å². The third kappa shape index (κ3) is 3.75. The maximum Gasteiger partial charge on any atom is 0.416 e. The highest BCUT2D eigenvalue weighted by Gasteiger charge is 2.32. The average Bonchev–Trinajstić information content (AvgIpc) is 3.18. The minimum atomic E-state index is -4.30. The van der Waals surface area contributed by atoms with E-state index >= 15 is 0 Å². The molecule has 1 aliphatic carbocycles. The van der Waals surface area contributed by atoms with Gasteiger partial charge in [0, 0.05) is 30.7 Å². The second-order valence-corrected chi connectivity index (χ2v) is 7.90. The van der Waals surface area contributed by atoms with Crippen LogP contribution in [0.1, 0.15) is 47.6 Å². The Balaban J connectivity index is 1.44. The van der Waals surface area contributed by atoms with Gasteiger partial charge in [0.25, 0.3) is 0 Å². The molecule has 1 unspecified atom stereocenters. The Bertz CT molecular complexity index is 809. The second kappa shape index (κ2) is 7.74. The molecular formula is C22H26F3N3. The maximum atomic E-state index is 12.8. The minimum Gasteiger partial charge on any atom is -0.371 e. The van der Waals surface area contributed by atoms with E-state index in [9.17, 15) is 13.2 Å². The van der Waals surface area contributed by atoms with Gasteiger partial charge in [0.05, 0.1) is 5.56 Å². The number of aryl methyl sites for hydroxylation is 1. The first-order valence-electron chi connectivity index (χ1n) is 10.1. The number of anilines is 1. The van der Waals surface area contributed by atoms with Crippen molar-refractivity contribution in [2.75, 3.05) is 24.5 Å². The summed E-state index contributed by atoms with van der Waals surface area (Å²) in [5.74, 6) is 0.500. The van der Waals surface area contributed by atoms with Gasteiger partial charge < -0.3 is 10.6 Å². The third-order valence-electron chi connectivity index (χ3n) is 6.33. The number of halogens is 3. The van der Waals surface area contributed by atoms with Crippen molar-refractivity contribution in [3.63, 3.8) is 0 Å². The lowest BCUT2D eigenvalue weighted by Gasteiger charge is -2.38. The van der Waals surface area contributed by atoms with Crippen LogP contribution in [0.4, 0.5) is 18.9 Å². The zero-order chi connectivity index (χ0) is 19.7. The smallest absolute Gasteiger partial charge is 0.371 e. The standard InChI is InChI=1S/C22H26F3N3/c23-22(24,25)17-6-4-15(5-7-17)19(14-26)16-9-12-28(13-10-16)21-8-11-27-20-3-1-2-18(20)21/h4-8,11,16,19H,1-3,9-10,12-14,26H2. The van der Waals surface area contributed by atoms with Crippen molar-refractivity contribution in [3.05, 3.63) is 58.9 Å². The summed E-state index contributed by atoms with van der Waals surface area (Å²) in [6.45, 7) is 2.37. The van der Waals surface area contributed by atoms with E-state index in [-0.39, 0.29) is 5.92 Å². The van der Waals surface area contributed by atoms with E-state index in [1.54, 1.807) is 12.1 Å². The molecule has 1 aliphatic heterocycles. The molecule has 0 radical (unpaired) electrons. The van der Waals surface area contributed by atoms with E-state index in [0.29, 0.717) is 12.5 Å². The fourth-order valence-electron chi connectivity index (χ4n) is 4.80.